The molecular formula is C114H237O3PS3. The van der Waals surface area contributed by atoms with Crippen LogP contribution < -0.4 is 0 Å². The predicted molar refractivity (Wildman–Crippen MR) is 572 cm³/mol. The summed E-state index contributed by atoms with van der Waals surface area (Å²) < 4.78 is 25.5. The molecule has 0 saturated carbocycles. The Balaban J connectivity index is 8.77. The van der Waals surface area contributed by atoms with Gasteiger partial charge in [-0.2, -0.15) is 0 Å². The third-order valence-corrected chi connectivity index (χ3v) is 45.3. The molecule has 3 unspecified atom stereocenters. The van der Waals surface area contributed by atoms with Crippen molar-refractivity contribution in [2.24, 2.45) is 0 Å². The van der Waals surface area contributed by atoms with Crippen LogP contribution >= 0.6 is 38.7 Å². The zero-order valence-electron chi connectivity index (χ0n) is 86.6. The summed E-state index contributed by atoms with van der Waals surface area (Å²) in [6.07, 6.45) is 128. The fourth-order valence-corrected chi connectivity index (χ4v) is 35.6. The van der Waals surface area contributed by atoms with Gasteiger partial charge in [-0.15, -0.1) is 0 Å². The smallest absolute Gasteiger partial charge is 0.300 e. The highest BCUT2D eigenvalue weighted by molar-refractivity contribution is 8.34. The lowest BCUT2D eigenvalue weighted by molar-refractivity contribution is 0.143. The lowest BCUT2D eigenvalue weighted by Crippen LogP contribution is -2.31. The van der Waals surface area contributed by atoms with Gasteiger partial charge in [-0.3, -0.25) is 13.6 Å². The lowest BCUT2D eigenvalue weighted by atomic mass is 10.1. The summed E-state index contributed by atoms with van der Waals surface area (Å²) in [5.41, 5.74) is 0.582. The molecule has 0 saturated heterocycles. The highest BCUT2D eigenvalue weighted by Crippen LogP contribution is 2.66. The molecule has 0 aromatic rings. The van der Waals surface area contributed by atoms with Crippen LogP contribution in [0.4, 0.5) is 0 Å². The van der Waals surface area contributed by atoms with Gasteiger partial charge in [-0.25, -0.2) is 30.1 Å². The van der Waals surface area contributed by atoms with E-state index in [0.29, 0.717) is 0 Å². The Hall–Kier alpha value is 1.36. The molecule has 0 rings (SSSR count). The fourth-order valence-electron chi connectivity index (χ4n) is 20.0. The zero-order valence-corrected chi connectivity index (χ0v) is 90.0. The summed E-state index contributed by atoms with van der Waals surface area (Å²) in [4.78, 5) is 0. The van der Waals surface area contributed by atoms with Gasteiger partial charge in [0.15, 0.2) is 0 Å². The number of hydrogen-bond donors (Lipinski definition) is 0. The van der Waals surface area contributed by atoms with Crippen molar-refractivity contribution in [3.05, 3.63) is 0 Å². The van der Waals surface area contributed by atoms with Crippen molar-refractivity contribution < 1.29 is 13.6 Å². The van der Waals surface area contributed by atoms with Crippen molar-refractivity contribution in [3.63, 3.8) is 0 Å². The predicted octanol–water partition coefficient (Wildman–Crippen LogP) is 44.0. The maximum atomic E-state index is 8.49. The quantitative estimate of drug-likeness (QED) is 0.0449. The largest absolute Gasteiger partial charge is 0.335 e. The second-order valence-corrected chi connectivity index (χ2v) is 54.0. The van der Waals surface area contributed by atoms with Crippen LogP contribution in [0, 0.1) is 0 Å². The van der Waals surface area contributed by atoms with Crippen LogP contribution in [-0.4, -0.2) is 68.1 Å². The molecule has 0 spiro atoms. The maximum Gasteiger partial charge on any atom is 0.335 e. The molecule has 0 aliphatic carbocycles. The van der Waals surface area contributed by atoms with Gasteiger partial charge in [0.1, 0.15) is 0 Å². The third-order valence-electron chi connectivity index (χ3n) is 29.0. The number of rotatable bonds is 108. The van der Waals surface area contributed by atoms with Gasteiger partial charge in [-0.1, -0.05) is 582 Å². The molecule has 7 heteroatoms. The molecule has 0 radical (unpaired) electrons. The van der Waals surface area contributed by atoms with Gasteiger partial charge < -0.3 is 0 Å². The molecule has 3 atom stereocenters. The minimum atomic E-state index is -1.61. The molecule has 121 heavy (non-hydrogen) atoms. The van der Waals surface area contributed by atoms with E-state index in [0.717, 1.165) is 0 Å². The summed E-state index contributed by atoms with van der Waals surface area (Å²) in [7, 11) is -5.15. The Bertz CT molecular complexity index is 1510. The van der Waals surface area contributed by atoms with Crippen LogP contribution in [0.5, 0.6) is 0 Å². The first kappa shape index (κ1) is 122. The molecule has 0 fully saturated rings. The molecule has 734 valence electrons. The second-order valence-electron chi connectivity index (χ2n) is 40.6. The van der Waals surface area contributed by atoms with E-state index in [1.54, 1.807) is 0 Å². The fraction of sp³-hybridized carbons (Fsp3) is 1.00. The summed E-state index contributed by atoms with van der Waals surface area (Å²) >= 11 is 0. The molecule has 0 bridgehead atoms. The molecule has 3 nitrogen and oxygen atoms in total. The second kappa shape index (κ2) is 98.9. The van der Waals surface area contributed by atoms with Gasteiger partial charge in [0, 0.05) is 0 Å². The van der Waals surface area contributed by atoms with E-state index in [1.807, 2.05) is 0 Å². The van der Waals surface area contributed by atoms with Crippen molar-refractivity contribution in [1.82, 2.24) is 0 Å². The van der Waals surface area contributed by atoms with E-state index in [9.17, 15) is 0 Å². The van der Waals surface area contributed by atoms with Crippen LogP contribution in [0.3, 0.4) is 0 Å². The van der Waals surface area contributed by atoms with Crippen molar-refractivity contribution in [1.29, 1.82) is 0 Å². The van der Waals surface area contributed by atoms with E-state index >= 15 is 0 Å². The Morgan fingerprint density at radius 3 is 0.281 bits per heavy atom. The van der Waals surface area contributed by atoms with Gasteiger partial charge in [-0.05, 0) is 130 Å². The highest BCUT2D eigenvalue weighted by Gasteiger charge is 2.41. The number of hydrogen-bond acceptors (Lipinski definition) is 3. The summed E-state index contributed by atoms with van der Waals surface area (Å²) in [5, 5.41) is 0. The van der Waals surface area contributed by atoms with Gasteiger partial charge in [0.25, 0.3) is 0 Å². The molecule has 0 N–H and O–H groups in total. The van der Waals surface area contributed by atoms with Gasteiger partial charge in [0.05, 0.1) is 16.3 Å². The van der Waals surface area contributed by atoms with E-state index in [1.165, 1.54) is 630 Å². The third kappa shape index (κ3) is 78.6. The molecule has 0 aromatic heterocycles. The lowest BCUT2D eigenvalue weighted by Gasteiger charge is -2.50. The highest BCUT2D eigenvalue weighted by atomic mass is 32.3. The number of unbranched alkanes of at least 4 members (excludes halogenated alkanes) is 81. The Morgan fingerprint density at radius 2 is 0.198 bits per heavy atom. The van der Waals surface area contributed by atoms with Crippen LogP contribution in [-0.2, 0) is 13.6 Å². The molecule has 0 heterocycles. The first-order valence-corrected chi connectivity index (χ1v) is 65.4. The summed E-state index contributed by atoms with van der Waals surface area (Å²) in [6.45, 7) is 29.5. The van der Waals surface area contributed by atoms with Crippen LogP contribution in [0.15, 0.2) is 0 Å². The average molecular weight is 1780 g/mol. The van der Waals surface area contributed by atoms with Gasteiger partial charge >= 0.3 is 8.60 Å². The Labute approximate surface area is 775 Å². The zero-order chi connectivity index (χ0) is 87.9. The minimum Gasteiger partial charge on any atom is -0.300 e. The first-order valence-electron chi connectivity index (χ1n) is 57.7. The molecular weight excluding hydrogens is 1540 g/mol. The van der Waals surface area contributed by atoms with Crippen LogP contribution in [0.2, 0.25) is 0 Å². The molecule has 0 aliphatic rings. The van der Waals surface area contributed by atoms with E-state index < -0.39 is 38.7 Å². The SMILES string of the molecule is CCCCCCCCCCCCS(CCCCCCCCCCCC)(CCCCCCCCCCCC)C(C)OP(OC(C)S(CCCCCCCCCCCC)(CCCCCCCCCCCC)CCCCCCCCCCCC)OC(C)S(CCCCCCCCCCCC)(CCCCCCCCCCCC)CCCCCCCCCCCC. The van der Waals surface area contributed by atoms with Crippen LogP contribution in [0.1, 0.15) is 661 Å². The van der Waals surface area contributed by atoms with E-state index in [4.69, 9.17) is 13.6 Å². The van der Waals surface area contributed by atoms with Crippen molar-refractivity contribution in [3.8, 4) is 0 Å². The molecule has 0 aromatic carbocycles. The Kier molecular flexibility index (Phi) is 100.0. The topological polar surface area (TPSA) is 27.7 Å². The van der Waals surface area contributed by atoms with E-state index in [-0.39, 0.29) is 16.3 Å². The summed E-state index contributed by atoms with van der Waals surface area (Å²) in [6, 6.07) is 0. The standard InChI is InChI=1S/C114H237O3PS3/c1-13-22-31-40-49-58-67-76-85-94-103-119(104-95-86-77-68-59-50-41-32-23-14-2,105-96-87-78-69-60-51-42-33-24-15-3)112(10)115-118(116-113(11)120(106-97-88-79-70-61-52-43-34-25-16-4,107-98-89-80-71-62-53-44-35-26-17-5)108-99-90-81-72-63-54-45-36-27-18-6)117-114(12)121(109-100-91-82-73-64-55-46-37-28-19-7,110-101-92-83-74-65-56-47-38-29-20-8)111-102-93-84-75-66-57-48-39-30-21-9/h112-114H,13-111H2,1-12H3. The molecule has 0 amide bonds. The summed E-state index contributed by atoms with van der Waals surface area (Å²) in [5.74, 6) is 12.7. The van der Waals surface area contributed by atoms with Crippen molar-refractivity contribution in [2.45, 2.75) is 677 Å². The normalized spacial score (nSPS) is 13.8. The average Bonchev–Trinajstić information content (AvgIpc) is 0.804. The first-order chi connectivity index (χ1) is 59.6. The van der Waals surface area contributed by atoms with E-state index in [2.05, 4.69) is 83.1 Å². The minimum absolute atomic E-state index is 0.194. The monoisotopic (exact) mass is 1780 g/mol. The maximum absolute atomic E-state index is 8.49. The van der Waals surface area contributed by atoms with Crippen molar-refractivity contribution >= 4 is 38.7 Å². The molecule has 0 aliphatic heterocycles. The Morgan fingerprint density at radius 1 is 0.124 bits per heavy atom. The van der Waals surface area contributed by atoms with Crippen LogP contribution in [0.25, 0.3) is 0 Å². The van der Waals surface area contributed by atoms with Crippen molar-refractivity contribution in [2.75, 3.05) is 51.8 Å². The van der Waals surface area contributed by atoms with Gasteiger partial charge in [0.2, 0.25) is 0 Å².